The van der Waals surface area contributed by atoms with E-state index in [1.165, 1.54) is 12.1 Å². The Kier molecular flexibility index (Phi) is 6.49. The summed E-state index contributed by atoms with van der Waals surface area (Å²) in [6.45, 7) is 7.18. The van der Waals surface area contributed by atoms with Crippen LogP contribution in [0.15, 0.2) is 51.8 Å². The van der Waals surface area contributed by atoms with Crippen LogP contribution in [0.3, 0.4) is 0 Å². The number of benzene rings is 2. The average molecular weight is 414 g/mol. The number of carbonyl (C=O) groups excluding carboxylic acids is 1. The number of amides is 1. The molecule has 0 atom stereocenters. The van der Waals surface area contributed by atoms with E-state index in [2.05, 4.69) is 15.0 Å². The highest BCUT2D eigenvalue weighted by Gasteiger charge is 2.21. The van der Waals surface area contributed by atoms with Gasteiger partial charge >= 0.3 is 0 Å². The minimum absolute atomic E-state index is 0.107. The molecule has 3 rings (SSSR count). The molecule has 0 radical (unpaired) electrons. The molecule has 0 saturated carbocycles. The molecule has 0 spiro atoms. The number of nitrogens with one attached hydrogen (secondary N) is 2. The maximum Gasteiger partial charge on any atom is 0.282 e. The van der Waals surface area contributed by atoms with Gasteiger partial charge in [-0.15, -0.1) is 0 Å². The maximum atomic E-state index is 12.8. The van der Waals surface area contributed by atoms with Gasteiger partial charge in [0.2, 0.25) is 0 Å². The van der Waals surface area contributed by atoms with Crippen molar-refractivity contribution in [2.75, 3.05) is 18.4 Å². The summed E-state index contributed by atoms with van der Waals surface area (Å²) in [5.41, 5.74) is 3.36. The van der Waals surface area contributed by atoms with Crippen molar-refractivity contribution < 1.29 is 13.2 Å². The number of nitrogens with zero attached hydrogens (tertiary/aromatic N) is 1. The van der Waals surface area contributed by atoms with E-state index in [9.17, 15) is 13.2 Å². The van der Waals surface area contributed by atoms with Crippen LogP contribution in [0, 0.1) is 19.8 Å². The number of sulfonamides is 1. The number of hydrogen-bond acceptors (Lipinski definition) is 4. The molecule has 1 fully saturated rings. The molecule has 6 nitrogen and oxygen atoms in total. The van der Waals surface area contributed by atoms with Crippen molar-refractivity contribution in [3.63, 3.8) is 0 Å². The zero-order valence-electron chi connectivity index (χ0n) is 17.0. The summed E-state index contributed by atoms with van der Waals surface area (Å²) in [5, 5.41) is 6.15. The van der Waals surface area contributed by atoms with Crippen LogP contribution < -0.4 is 10.6 Å². The van der Waals surface area contributed by atoms with Crippen LogP contribution in [0.4, 0.5) is 5.69 Å². The van der Waals surface area contributed by atoms with Gasteiger partial charge in [-0.3, -0.25) is 4.79 Å². The van der Waals surface area contributed by atoms with Gasteiger partial charge in [-0.05, 0) is 82.1 Å². The minimum Gasteiger partial charge on any atom is -0.322 e. The topological polar surface area (TPSA) is 87.6 Å². The molecule has 1 saturated heterocycles. The number of para-hydroxylation sites is 1. The van der Waals surface area contributed by atoms with E-state index in [0.717, 1.165) is 37.2 Å². The fraction of sp³-hybridized carbons (Fsp3) is 0.364. The molecular weight excluding hydrogens is 386 g/mol. The highest BCUT2D eigenvalue weighted by Crippen LogP contribution is 2.22. The molecule has 7 heteroatoms. The fourth-order valence-electron chi connectivity index (χ4n) is 3.51. The van der Waals surface area contributed by atoms with Crippen molar-refractivity contribution in [1.82, 2.24) is 5.32 Å². The summed E-state index contributed by atoms with van der Waals surface area (Å²) in [7, 11) is -3.80. The first-order valence-corrected chi connectivity index (χ1v) is 11.2. The summed E-state index contributed by atoms with van der Waals surface area (Å²) in [4.78, 5) is 12.7. The number of hydrogen-bond donors (Lipinski definition) is 2. The zero-order valence-corrected chi connectivity index (χ0v) is 17.8. The minimum atomic E-state index is -3.80. The molecule has 0 bridgehead atoms. The van der Waals surface area contributed by atoms with Crippen LogP contribution in [0.2, 0.25) is 0 Å². The van der Waals surface area contributed by atoms with Crippen molar-refractivity contribution in [1.29, 1.82) is 0 Å². The standard InChI is InChI=1S/C22H27N3O3S/c1-15-6-4-5-7-21(15)24-22(26)20-9-8-19(14-16(20)2)29(27,28)25-17(3)18-10-12-23-13-11-18/h4-9,14,18,23H,10-13H2,1-3H3,(H,24,26). The Morgan fingerprint density at radius 2 is 1.76 bits per heavy atom. The van der Waals surface area contributed by atoms with Gasteiger partial charge < -0.3 is 10.6 Å². The lowest BCUT2D eigenvalue weighted by molar-refractivity contribution is 0.102. The molecule has 0 unspecified atom stereocenters. The Balaban J connectivity index is 1.81. The summed E-state index contributed by atoms with van der Waals surface area (Å²) < 4.78 is 29.6. The van der Waals surface area contributed by atoms with Gasteiger partial charge in [0.1, 0.15) is 0 Å². The summed E-state index contributed by atoms with van der Waals surface area (Å²) >= 11 is 0. The van der Waals surface area contributed by atoms with Crippen molar-refractivity contribution >= 4 is 27.3 Å². The van der Waals surface area contributed by atoms with E-state index >= 15 is 0 Å². The van der Waals surface area contributed by atoms with Crippen molar-refractivity contribution in [3.8, 4) is 0 Å². The molecule has 0 aromatic heterocycles. The second kappa shape index (κ2) is 8.88. The van der Waals surface area contributed by atoms with E-state index in [1.54, 1.807) is 19.9 Å². The van der Waals surface area contributed by atoms with Gasteiger partial charge in [-0.1, -0.05) is 18.2 Å². The van der Waals surface area contributed by atoms with E-state index < -0.39 is 10.0 Å². The number of aryl methyl sites for hydroxylation is 2. The molecule has 1 amide bonds. The summed E-state index contributed by atoms with van der Waals surface area (Å²) in [5.74, 6) is -0.0820. The average Bonchev–Trinajstić information content (AvgIpc) is 2.70. The molecule has 2 aromatic rings. The first-order valence-electron chi connectivity index (χ1n) is 9.78. The second-order valence-electron chi connectivity index (χ2n) is 7.48. The lowest BCUT2D eigenvalue weighted by Crippen LogP contribution is -2.31. The Morgan fingerprint density at radius 1 is 1.07 bits per heavy atom. The van der Waals surface area contributed by atoms with Crippen LogP contribution in [-0.2, 0) is 10.0 Å². The van der Waals surface area contributed by atoms with Crippen molar-refractivity contribution in [2.24, 2.45) is 10.3 Å². The first kappa shape index (κ1) is 21.2. The normalized spacial score (nSPS) is 15.9. The number of carbonyl (C=O) groups is 1. The van der Waals surface area contributed by atoms with E-state index in [1.807, 2.05) is 31.2 Å². The van der Waals surface area contributed by atoms with Gasteiger partial charge in [0, 0.05) is 22.9 Å². The third kappa shape index (κ3) is 5.10. The molecule has 2 aromatic carbocycles. The number of rotatable bonds is 5. The van der Waals surface area contributed by atoms with E-state index in [4.69, 9.17) is 0 Å². The Labute approximate surface area is 172 Å². The zero-order chi connectivity index (χ0) is 21.0. The first-order chi connectivity index (χ1) is 13.8. The summed E-state index contributed by atoms with van der Waals surface area (Å²) in [6.07, 6.45) is 1.78. The predicted molar refractivity (Wildman–Crippen MR) is 116 cm³/mol. The molecule has 29 heavy (non-hydrogen) atoms. The molecule has 0 aliphatic carbocycles. The third-order valence-electron chi connectivity index (χ3n) is 5.33. The molecule has 1 aliphatic rings. The Bertz CT molecular complexity index is 1040. The summed E-state index contributed by atoms with van der Waals surface area (Å²) in [6, 6.07) is 12.0. The number of piperidine rings is 1. The molecular formula is C22H27N3O3S. The molecule has 1 heterocycles. The van der Waals surface area contributed by atoms with E-state index in [0.29, 0.717) is 16.8 Å². The Hall–Kier alpha value is -2.51. The molecule has 154 valence electrons. The predicted octanol–water partition coefficient (Wildman–Crippen LogP) is 3.70. The fourth-order valence-corrected chi connectivity index (χ4v) is 4.71. The maximum absolute atomic E-state index is 12.8. The van der Waals surface area contributed by atoms with Crippen molar-refractivity contribution in [3.05, 3.63) is 59.2 Å². The van der Waals surface area contributed by atoms with Crippen molar-refractivity contribution in [2.45, 2.75) is 38.5 Å². The van der Waals surface area contributed by atoms with Crippen LogP contribution in [0.1, 0.15) is 41.3 Å². The number of anilines is 1. The largest absolute Gasteiger partial charge is 0.322 e. The Morgan fingerprint density at radius 3 is 2.41 bits per heavy atom. The SMILES string of the molecule is CC(=NS(=O)(=O)c1ccc(C(=O)Nc2ccccc2C)c(C)c1)C1CCNCC1. The quantitative estimate of drug-likeness (QED) is 0.732. The van der Waals surface area contributed by atoms with Crippen LogP contribution >= 0.6 is 0 Å². The lowest BCUT2D eigenvalue weighted by Gasteiger charge is -2.22. The second-order valence-corrected chi connectivity index (χ2v) is 9.08. The highest BCUT2D eigenvalue weighted by atomic mass is 32.2. The van der Waals surface area contributed by atoms with Crippen LogP contribution in [0.5, 0.6) is 0 Å². The van der Waals surface area contributed by atoms with Gasteiger partial charge in [0.05, 0.1) is 4.90 Å². The van der Waals surface area contributed by atoms with Crippen LogP contribution in [-0.4, -0.2) is 33.1 Å². The van der Waals surface area contributed by atoms with Crippen LogP contribution in [0.25, 0.3) is 0 Å². The molecule has 2 N–H and O–H groups in total. The smallest absolute Gasteiger partial charge is 0.282 e. The molecule has 1 aliphatic heterocycles. The monoisotopic (exact) mass is 413 g/mol. The third-order valence-corrected chi connectivity index (χ3v) is 6.71. The van der Waals surface area contributed by atoms with Gasteiger partial charge in [0.25, 0.3) is 15.9 Å². The van der Waals surface area contributed by atoms with Gasteiger partial charge in [0.15, 0.2) is 0 Å². The lowest BCUT2D eigenvalue weighted by atomic mass is 9.94. The van der Waals surface area contributed by atoms with Gasteiger partial charge in [-0.2, -0.15) is 12.8 Å². The van der Waals surface area contributed by atoms with Gasteiger partial charge in [-0.25, -0.2) is 0 Å². The van der Waals surface area contributed by atoms with E-state index in [-0.39, 0.29) is 16.7 Å². The highest BCUT2D eigenvalue weighted by molar-refractivity contribution is 7.90.